The largest absolute Gasteiger partial charge is 0.480 e. The number of aromatic nitrogens is 4. The lowest BCUT2D eigenvalue weighted by atomic mass is 10.2. The summed E-state index contributed by atoms with van der Waals surface area (Å²) in [6.45, 7) is 0. The normalized spacial score (nSPS) is 26.1. The van der Waals surface area contributed by atoms with Crippen LogP contribution in [0.1, 0.15) is 19.1 Å². The quantitative estimate of drug-likeness (QED) is 0.341. The van der Waals surface area contributed by atoms with Gasteiger partial charge in [0.25, 0.3) is 0 Å². The van der Waals surface area contributed by atoms with Crippen molar-refractivity contribution in [1.82, 2.24) is 19.5 Å². The van der Waals surface area contributed by atoms with E-state index in [1.54, 1.807) is 10.8 Å². The van der Waals surface area contributed by atoms with Crippen LogP contribution in [0.15, 0.2) is 12.7 Å². The molecule has 0 bridgehead atoms. The van der Waals surface area contributed by atoms with Gasteiger partial charge in [-0.05, 0) is 0 Å². The maximum Gasteiger partial charge on any atom is 0.320 e. The molecule has 2 aromatic rings. The van der Waals surface area contributed by atoms with E-state index >= 15 is 0 Å². The molecular weight excluding hydrogens is 376 g/mol. The molecule has 1 aliphatic heterocycles. The summed E-state index contributed by atoms with van der Waals surface area (Å²) in [5.41, 5.74) is 11.3. The second kappa shape index (κ2) is 7.94. The molecule has 3 unspecified atom stereocenters. The molecule has 11 nitrogen and oxygen atoms in total. The van der Waals surface area contributed by atoms with Crippen LogP contribution in [0.5, 0.6) is 0 Å². The molecule has 2 aromatic heterocycles. The van der Waals surface area contributed by atoms with Crippen LogP contribution >= 0.6 is 0 Å². The molecule has 0 aliphatic carbocycles. The van der Waals surface area contributed by atoms with Crippen molar-refractivity contribution in [3.05, 3.63) is 12.7 Å². The Labute approximate surface area is 157 Å². The Hall–Kier alpha value is -1.99. The summed E-state index contributed by atoms with van der Waals surface area (Å²) >= 11 is 0. The highest BCUT2D eigenvalue weighted by atomic mass is 32.2. The zero-order valence-electron chi connectivity index (χ0n) is 14.7. The van der Waals surface area contributed by atoms with E-state index in [2.05, 4.69) is 15.0 Å². The van der Waals surface area contributed by atoms with Crippen LogP contribution in [0.2, 0.25) is 0 Å². The summed E-state index contributed by atoms with van der Waals surface area (Å²) in [5, 5.41) is 29.8. The van der Waals surface area contributed by atoms with E-state index in [0.29, 0.717) is 16.9 Å². The number of aliphatic hydroxyl groups excluding tert-OH is 2. The van der Waals surface area contributed by atoms with Crippen molar-refractivity contribution in [1.29, 1.82) is 0 Å². The van der Waals surface area contributed by atoms with E-state index in [-0.39, 0.29) is 18.7 Å². The Morgan fingerprint density at radius 3 is 2.93 bits per heavy atom. The molecule has 12 heteroatoms. The SMILES string of the molecule is C[S+](CCC(N)C(=O)O)C(O)[C@H]1O[C@@H](n2cnc3c(N)ncnc32)C[C@@H]1O. The number of aliphatic carboxylic acids is 1. The number of carboxylic acid groups (broad SMARTS) is 1. The first-order valence-corrected chi connectivity index (χ1v) is 10.2. The van der Waals surface area contributed by atoms with Gasteiger partial charge in [0.1, 0.15) is 36.1 Å². The number of aliphatic hydroxyl groups is 2. The fraction of sp³-hybridized carbons (Fsp3) is 0.600. The third-order valence-corrected chi connectivity index (χ3v) is 6.57. The van der Waals surface area contributed by atoms with Gasteiger partial charge >= 0.3 is 5.97 Å². The standard InChI is InChI=1S/C15H22N6O5S/c1-27(3-2-7(16)14(23)24)15(25)11-8(22)4-9(26-11)21-6-20-10-12(17)18-5-19-13(10)21/h5-9,11,15,22,25H,2-4,16H2,1H3,(H2-,17,18,19,23,24)/p+1/t7?,8-,9+,11-,15?,27?/m0/s1. The van der Waals surface area contributed by atoms with Crippen LogP contribution in [0.4, 0.5) is 5.82 Å². The molecule has 0 radical (unpaired) electrons. The smallest absolute Gasteiger partial charge is 0.320 e. The highest BCUT2D eigenvalue weighted by Gasteiger charge is 2.46. The first-order chi connectivity index (χ1) is 12.8. The van der Waals surface area contributed by atoms with Crippen molar-refractivity contribution < 1.29 is 24.9 Å². The monoisotopic (exact) mass is 399 g/mol. The Kier molecular flexibility index (Phi) is 5.81. The molecule has 0 aromatic carbocycles. The van der Waals surface area contributed by atoms with E-state index in [1.807, 2.05) is 0 Å². The van der Waals surface area contributed by atoms with Crippen LogP contribution in [-0.4, -0.2) is 76.5 Å². The molecule has 0 saturated carbocycles. The Bertz CT molecular complexity index is 819. The van der Waals surface area contributed by atoms with Crippen molar-refractivity contribution >= 4 is 33.8 Å². The number of anilines is 1. The molecule has 27 heavy (non-hydrogen) atoms. The lowest BCUT2D eigenvalue weighted by molar-refractivity contribution is -0.138. The number of nitrogens with zero attached hydrogens (tertiary/aromatic N) is 4. The molecular formula is C15H23N6O5S+. The summed E-state index contributed by atoms with van der Waals surface area (Å²) in [7, 11) is -0.598. The Morgan fingerprint density at radius 2 is 2.22 bits per heavy atom. The Balaban J connectivity index is 1.68. The van der Waals surface area contributed by atoms with Gasteiger partial charge in [-0.3, -0.25) is 9.36 Å². The van der Waals surface area contributed by atoms with Crippen molar-refractivity contribution in [3.63, 3.8) is 0 Å². The number of nitrogens with two attached hydrogens (primary N) is 2. The molecule has 7 N–H and O–H groups in total. The van der Waals surface area contributed by atoms with E-state index in [4.69, 9.17) is 21.3 Å². The fourth-order valence-corrected chi connectivity index (χ4v) is 4.54. The maximum atomic E-state index is 10.8. The van der Waals surface area contributed by atoms with Crippen molar-refractivity contribution in [2.75, 3.05) is 17.7 Å². The molecule has 1 saturated heterocycles. The molecule has 3 rings (SSSR count). The van der Waals surface area contributed by atoms with Gasteiger partial charge in [-0.25, -0.2) is 15.0 Å². The van der Waals surface area contributed by atoms with Crippen molar-refractivity contribution in [2.45, 2.75) is 42.8 Å². The van der Waals surface area contributed by atoms with E-state index in [0.717, 1.165) is 0 Å². The minimum atomic E-state index is -1.08. The van der Waals surface area contributed by atoms with Crippen LogP contribution < -0.4 is 11.5 Å². The first kappa shape index (κ1) is 19.8. The number of carboxylic acids is 1. The molecule has 148 valence electrons. The average Bonchev–Trinajstić information content (AvgIpc) is 3.22. The van der Waals surface area contributed by atoms with Crippen molar-refractivity contribution in [3.8, 4) is 0 Å². The van der Waals surface area contributed by atoms with Gasteiger partial charge in [-0.1, -0.05) is 0 Å². The molecule has 1 aliphatic rings. The first-order valence-electron chi connectivity index (χ1n) is 8.34. The number of carbonyl (C=O) groups is 1. The number of nitrogen functional groups attached to an aromatic ring is 1. The predicted molar refractivity (Wildman–Crippen MR) is 98.7 cm³/mol. The molecule has 0 spiro atoms. The van der Waals surface area contributed by atoms with Crippen LogP contribution in [0.3, 0.4) is 0 Å². The average molecular weight is 399 g/mol. The van der Waals surface area contributed by atoms with Gasteiger partial charge in [0.15, 0.2) is 17.6 Å². The summed E-state index contributed by atoms with van der Waals surface area (Å²) in [6.07, 6.45) is 2.87. The third kappa shape index (κ3) is 3.99. The third-order valence-electron chi connectivity index (χ3n) is 4.60. The topological polar surface area (TPSA) is 183 Å². The highest BCUT2D eigenvalue weighted by molar-refractivity contribution is 7.96. The molecule has 6 atom stereocenters. The Morgan fingerprint density at radius 1 is 1.48 bits per heavy atom. The summed E-state index contributed by atoms with van der Waals surface area (Å²) in [5.74, 6) is -0.408. The molecule has 0 amide bonds. The number of fused-ring (bicyclic) bond motifs is 1. The van der Waals surface area contributed by atoms with E-state index in [9.17, 15) is 15.0 Å². The van der Waals surface area contributed by atoms with Crippen molar-refractivity contribution in [2.24, 2.45) is 5.73 Å². The van der Waals surface area contributed by atoms with E-state index in [1.165, 1.54) is 12.7 Å². The van der Waals surface area contributed by atoms with Crippen LogP contribution in [0, 0.1) is 0 Å². The highest BCUT2D eigenvalue weighted by Crippen LogP contribution is 2.34. The number of hydrogen-bond acceptors (Lipinski definition) is 9. The minimum Gasteiger partial charge on any atom is -0.480 e. The van der Waals surface area contributed by atoms with Gasteiger partial charge in [0, 0.05) is 23.7 Å². The number of ether oxygens (including phenoxy) is 1. The zero-order chi connectivity index (χ0) is 19.7. The van der Waals surface area contributed by atoms with Gasteiger partial charge in [-0.15, -0.1) is 0 Å². The predicted octanol–water partition coefficient (Wildman–Crippen LogP) is -1.57. The van der Waals surface area contributed by atoms with Gasteiger partial charge in [0.05, 0.1) is 12.4 Å². The van der Waals surface area contributed by atoms with Gasteiger partial charge < -0.3 is 31.5 Å². The summed E-state index contributed by atoms with van der Waals surface area (Å²) < 4.78 is 7.53. The van der Waals surface area contributed by atoms with Crippen LogP contribution in [-0.2, 0) is 20.4 Å². The van der Waals surface area contributed by atoms with Gasteiger partial charge in [-0.2, -0.15) is 0 Å². The van der Waals surface area contributed by atoms with Gasteiger partial charge in [0.2, 0.25) is 5.44 Å². The number of hydrogen-bond donors (Lipinski definition) is 5. The summed E-state index contributed by atoms with van der Waals surface area (Å²) in [4.78, 5) is 23.0. The second-order valence-corrected chi connectivity index (χ2v) is 8.73. The van der Waals surface area contributed by atoms with Crippen LogP contribution in [0.25, 0.3) is 11.2 Å². The maximum absolute atomic E-state index is 10.8. The minimum absolute atomic E-state index is 0.237. The number of rotatable bonds is 7. The summed E-state index contributed by atoms with van der Waals surface area (Å²) in [6, 6.07) is -0.975. The molecule has 3 heterocycles. The molecule has 1 fully saturated rings. The lowest BCUT2D eigenvalue weighted by Crippen LogP contribution is -2.42. The zero-order valence-corrected chi connectivity index (χ0v) is 15.5. The van der Waals surface area contributed by atoms with E-state index < -0.39 is 46.8 Å². The fourth-order valence-electron chi connectivity index (χ4n) is 2.97. The second-order valence-electron chi connectivity index (χ2n) is 6.46. The lowest BCUT2D eigenvalue weighted by Gasteiger charge is -2.20. The number of imidazole rings is 1.